The zero-order valence-electron chi connectivity index (χ0n) is 9.73. The van der Waals surface area contributed by atoms with Crippen LogP contribution in [0.1, 0.15) is 0 Å². The fourth-order valence-corrected chi connectivity index (χ4v) is 0.958. The third-order valence-corrected chi connectivity index (χ3v) is 1.60. The molecule has 0 atom stereocenters. The highest BCUT2D eigenvalue weighted by atomic mass is 19.5. The Balaban J connectivity index is 0.000000494. The lowest BCUT2D eigenvalue weighted by Crippen LogP contribution is -2.24. The largest absolute Gasteiger partial charge is 0.673 e. The molecule has 18 heavy (non-hydrogen) atoms. The van der Waals surface area contributed by atoms with Crippen molar-refractivity contribution >= 4 is 13.2 Å². The molecule has 0 unspecified atom stereocenters. The van der Waals surface area contributed by atoms with Gasteiger partial charge in [0.05, 0.1) is 13.6 Å². The number of rotatable bonds is 4. The maximum absolute atomic E-state index is 10.6. The summed E-state index contributed by atoms with van der Waals surface area (Å²) >= 11 is 0. The monoisotopic (exact) mass is 271 g/mol. The standard InChI is InChI=1S/C8H14N3O2.BF4/c1-10-2-3-11(7-10)4-5-13-8(12)6-9;2-1(3,4)5/h2-3,7H,4-6,9H2,1H3;/q+1;-1. The number of hydrogen-bond acceptors (Lipinski definition) is 3. The fourth-order valence-electron chi connectivity index (χ4n) is 0.958. The number of halogens is 4. The van der Waals surface area contributed by atoms with Gasteiger partial charge in [-0.05, 0) is 0 Å². The number of aromatic nitrogens is 2. The number of carbonyl (C=O) groups is 1. The molecule has 10 heteroatoms. The Morgan fingerprint density at radius 2 is 2.00 bits per heavy atom. The molecule has 0 amide bonds. The lowest BCUT2D eigenvalue weighted by Gasteiger charge is -1.99. The minimum atomic E-state index is -6.00. The van der Waals surface area contributed by atoms with E-state index in [1.807, 2.05) is 34.9 Å². The van der Waals surface area contributed by atoms with Gasteiger partial charge in [0.1, 0.15) is 25.5 Å². The van der Waals surface area contributed by atoms with Crippen LogP contribution in [0.2, 0.25) is 0 Å². The molecule has 5 nitrogen and oxygen atoms in total. The molecule has 2 N–H and O–H groups in total. The van der Waals surface area contributed by atoms with Gasteiger partial charge in [-0.1, -0.05) is 0 Å². The van der Waals surface area contributed by atoms with Crippen LogP contribution in [0, 0.1) is 0 Å². The van der Waals surface area contributed by atoms with E-state index in [4.69, 9.17) is 10.5 Å². The predicted molar refractivity (Wildman–Crippen MR) is 55.8 cm³/mol. The van der Waals surface area contributed by atoms with E-state index in [1.165, 1.54) is 0 Å². The average Bonchev–Trinajstić information content (AvgIpc) is 2.61. The molecule has 0 saturated carbocycles. The van der Waals surface area contributed by atoms with Gasteiger partial charge >= 0.3 is 13.2 Å². The second-order valence-electron chi connectivity index (χ2n) is 3.24. The SMILES string of the molecule is C[n+]1ccn(CCOC(=O)CN)c1.F[B-](F)(F)F. The molecule has 0 spiro atoms. The Labute approximate surface area is 101 Å². The van der Waals surface area contributed by atoms with Gasteiger partial charge < -0.3 is 27.7 Å². The zero-order chi connectivity index (χ0) is 14.2. The van der Waals surface area contributed by atoms with Crippen molar-refractivity contribution in [2.24, 2.45) is 12.8 Å². The number of esters is 1. The molecule has 0 aliphatic rings. The zero-order valence-corrected chi connectivity index (χ0v) is 9.73. The van der Waals surface area contributed by atoms with Crippen LogP contribution in [0.4, 0.5) is 17.3 Å². The summed E-state index contributed by atoms with van der Waals surface area (Å²) in [6.07, 6.45) is 5.75. The van der Waals surface area contributed by atoms with E-state index in [0.717, 1.165) is 0 Å². The fraction of sp³-hybridized carbons (Fsp3) is 0.500. The van der Waals surface area contributed by atoms with Gasteiger partial charge in [-0.3, -0.25) is 4.79 Å². The highest BCUT2D eigenvalue weighted by molar-refractivity contribution is 6.50. The third-order valence-electron chi connectivity index (χ3n) is 1.60. The van der Waals surface area contributed by atoms with Crippen molar-refractivity contribution in [1.82, 2.24) is 4.57 Å². The Hall–Kier alpha value is -1.58. The summed E-state index contributed by atoms with van der Waals surface area (Å²) in [4.78, 5) is 10.6. The van der Waals surface area contributed by atoms with Crippen LogP contribution in [-0.2, 0) is 23.1 Å². The van der Waals surface area contributed by atoms with Crippen LogP contribution in [0.5, 0.6) is 0 Å². The third kappa shape index (κ3) is 10.9. The summed E-state index contributed by atoms with van der Waals surface area (Å²) in [5.41, 5.74) is 5.07. The molecule has 0 aliphatic heterocycles. The second kappa shape index (κ2) is 7.69. The van der Waals surface area contributed by atoms with Crippen LogP contribution < -0.4 is 10.3 Å². The summed E-state index contributed by atoms with van der Waals surface area (Å²) in [7, 11) is -4.07. The molecule has 0 saturated heterocycles. The van der Waals surface area contributed by atoms with Crippen LogP contribution in [0.3, 0.4) is 0 Å². The van der Waals surface area contributed by atoms with Gasteiger partial charge in [0.15, 0.2) is 0 Å². The van der Waals surface area contributed by atoms with Crippen LogP contribution in [0.15, 0.2) is 18.7 Å². The van der Waals surface area contributed by atoms with Crippen molar-refractivity contribution in [1.29, 1.82) is 0 Å². The quantitative estimate of drug-likeness (QED) is 0.366. The summed E-state index contributed by atoms with van der Waals surface area (Å²) in [6, 6.07) is 0. The first kappa shape index (κ1) is 16.4. The van der Waals surface area contributed by atoms with E-state index < -0.39 is 7.25 Å². The van der Waals surface area contributed by atoms with Crippen LogP contribution in [-0.4, -0.2) is 30.9 Å². The van der Waals surface area contributed by atoms with Gasteiger partial charge in [-0.25, -0.2) is 9.13 Å². The van der Waals surface area contributed by atoms with Gasteiger partial charge in [-0.15, -0.1) is 0 Å². The van der Waals surface area contributed by atoms with Crippen molar-refractivity contribution in [3.63, 3.8) is 0 Å². The first-order chi connectivity index (χ1) is 8.22. The Morgan fingerprint density at radius 1 is 1.44 bits per heavy atom. The molecule has 0 fully saturated rings. The molecule has 1 rings (SSSR count). The molecule has 1 aromatic heterocycles. The summed E-state index contributed by atoms with van der Waals surface area (Å²) in [5, 5.41) is 0. The molecule has 0 aromatic carbocycles. The van der Waals surface area contributed by atoms with Crippen molar-refractivity contribution in [2.75, 3.05) is 13.2 Å². The first-order valence-corrected chi connectivity index (χ1v) is 4.96. The molecule has 1 heterocycles. The normalized spacial score (nSPS) is 10.6. The van der Waals surface area contributed by atoms with Gasteiger partial charge in [-0.2, -0.15) is 0 Å². The van der Waals surface area contributed by atoms with Crippen molar-refractivity contribution in [2.45, 2.75) is 6.54 Å². The van der Waals surface area contributed by atoms with E-state index in [9.17, 15) is 22.1 Å². The van der Waals surface area contributed by atoms with Crippen molar-refractivity contribution in [3.05, 3.63) is 18.7 Å². The van der Waals surface area contributed by atoms with Crippen LogP contribution in [0.25, 0.3) is 0 Å². The molecule has 0 bridgehead atoms. The van der Waals surface area contributed by atoms with E-state index in [-0.39, 0.29) is 12.5 Å². The highest BCUT2D eigenvalue weighted by Gasteiger charge is 2.20. The molecule has 104 valence electrons. The van der Waals surface area contributed by atoms with E-state index >= 15 is 0 Å². The summed E-state index contributed by atoms with van der Waals surface area (Å²) < 4.78 is 47.7. The van der Waals surface area contributed by atoms with E-state index in [1.54, 1.807) is 0 Å². The Morgan fingerprint density at radius 3 is 2.39 bits per heavy atom. The minimum Gasteiger partial charge on any atom is -0.461 e. The molecular weight excluding hydrogens is 257 g/mol. The minimum absolute atomic E-state index is 0.0561. The van der Waals surface area contributed by atoms with Gasteiger partial charge in [0.2, 0.25) is 6.33 Å². The number of carbonyl (C=O) groups excluding carboxylic acids is 1. The van der Waals surface area contributed by atoms with Gasteiger partial charge in [0.25, 0.3) is 0 Å². The topological polar surface area (TPSA) is 61.1 Å². The van der Waals surface area contributed by atoms with E-state index in [2.05, 4.69) is 0 Å². The number of hydrogen-bond donors (Lipinski definition) is 1. The van der Waals surface area contributed by atoms with Crippen molar-refractivity contribution in [3.8, 4) is 0 Å². The lowest BCUT2D eigenvalue weighted by atomic mass is 10.3. The average molecular weight is 271 g/mol. The molecule has 0 radical (unpaired) electrons. The number of nitrogens with two attached hydrogens (primary N) is 1. The first-order valence-electron chi connectivity index (χ1n) is 4.96. The van der Waals surface area contributed by atoms with Crippen molar-refractivity contribution < 1.29 is 31.4 Å². The van der Waals surface area contributed by atoms with E-state index in [0.29, 0.717) is 13.2 Å². The molecule has 1 aromatic rings. The summed E-state index contributed by atoms with van der Waals surface area (Å²) in [5.74, 6) is -0.364. The number of ether oxygens (including phenoxy) is 1. The summed E-state index contributed by atoms with van der Waals surface area (Å²) in [6.45, 7) is 0.969. The number of nitrogens with zero attached hydrogens (tertiary/aromatic N) is 2. The Bertz CT molecular complexity index is 363. The molecular formula is C8H14BF4N3O2. The smallest absolute Gasteiger partial charge is 0.461 e. The lowest BCUT2D eigenvalue weighted by molar-refractivity contribution is -0.671. The van der Waals surface area contributed by atoms with Gasteiger partial charge in [0, 0.05) is 0 Å². The number of aryl methyl sites for hydroxylation is 1. The molecule has 0 aliphatic carbocycles. The second-order valence-corrected chi connectivity index (χ2v) is 3.24. The Kier molecular flexibility index (Phi) is 7.02. The number of imidazole rings is 1. The van der Waals surface area contributed by atoms with Crippen LogP contribution >= 0.6 is 0 Å². The highest BCUT2D eigenvalue weighted by Crippen LogP contribution is 2.06. The maximum atomic E-state index is 10.6. The predicted octanol–water partition coefficient (Wildman–Crippen LogP) is 0.114. The maximum Gasteiger partial charge on any atom is 0.673 e.